The second kappa shape index (κ2) is 4.95. The summed E-state index contributed by atoms with van der Waals surface area (Å²) >= 11 is 0. The van der Waals surface area contributed by atoms with Crippen molar-refractivity contribution in [3.8, 4) is 0 Å². The molecule has 106 valence electrons. The van der Waals surface area contributed by atoms with E-state index in [2.05, 4.69) is 0 Å². The van der Waals surface area contributed by atoms with Gasteiger partial charge in [0.15, 0.2) is 0 Å². The molecule has 0 bridgehead atoms. The SMILES string of the molecule is CC1CC(=O)N(C(=O)c2cc(F)cc([N+](=O)[O-])c2F)C1. The molecule has 0 saturated carbocycles. The number of carbonyl (C=O) groups excluding carboxylic acids is 2. The summed E-state index contributed by atoms with van der Waals surface area (Å²) in [6.07, 6.45) is 0.130. The highest BCUT2D eigenvalue weighted by atomic mass is 19.1. The van der Waals surface area contributed by atoms with Gasteiger partial charge in [0.2, 0.25) is 11.7 Å². The predicted molar refractivity (Wildman–Crippen MR) is 62.8 cm³/mol. The maximum Gasteiger partial charge on any atom is 0.308 e. The molecule has 1 unspecified atom stereocenters. The number of rotatable bonds is 2. The van der Waals surface area contributed by atoms with Gasteiger partial charge in [0.1, 0.15) is 5.82 Å². The Bertz CT molecular complexity index is 618. The molecule has 1 aromatic rings. The van der Waals surface area contributed by atoms with Crippen LogP contribution in [-0.4, -0.2) is 28.2 Å². The van der Waals surface area contributed by atoms with Crippen LogP contribution >= 0.6 is 0 Å². The van der Waals surface area contributed by atoms with Crippen LogP contribution in [0, 0.1) is 27.7 Å². The summed E-state index contributed by atoms with van der Waals surface area (Å²) in [7, 11) is 0. The van der Waals surface area contributed by atoms with E-state index in [0.717, 1.165) is 4.90 Å². The number of imide groups is 1. The van der Waals surface area contributed by atoms with Crippen molar-refractivity contribution < 1.29 is 23.3 Å². The summed E-state index contributed by atoms with van der Waals surface area (Å²) in [4.78, 5) is 33.9. The van der Waals surface area contributed by atoms with Crippen LogP contribution in [0.25, 0.3) is 0 Å². The standard InChI is InChI=1S/C12H10F2N2O4/c1-6-2-10(17)15(5-6)12(18)8-3-7(13)4-9(11(8)14)16(19)20/h3-4,6H,2,5H2,1H3. The van der Waals surface area contributed by atoms with E-state index in [1.54, 1.807) is 6.92 Å². The lowest BCUT2D eigenvalue weighted by Crippen LogP contribution is -2.33. The number of benzene rings is 1. The van der Waals surface area contributed by atoms with Crippen LogP contribution in [0.5, 0.6) is 0 Å². The van der Waals surface area contributed by atoms with Gasteiger partial charge in [-0.2, -0.15) is 4.39 Å². The van der Waals surface area contributed by atoms with E-state index in [1.165, 1.54) is 0 Å². The largest absolute Gasteiger partial charge is 0.308 e. The summed E-state index contributed by atoms with van der Waals surface area (Å²) in [6, 6.07) is 0.946. The number of nitro benzene ring substituents is 1. The van der Waals surface area contributed by atoms with E-state index in [0.29, 0.717) is 12.1 Å². The minimum absolute atomic E-state index is 0.0847. The molecule has 0 radical (unpaired) electrons. The van der Waals surface area contributed by atoms with Crippen LogP contribution < -0.4 is 0 Å². The quantitative estimate of drug-likeness (QED) is 0.472. The number of hydrogen-bond donors (Lipinski definition) is 0. The topological polar surface area (TPSA) is 80.5 Å². The van der Waals surface area contributed by atoms with Crippen molar-refractivity contribution in [3.05, 3.63) is 39.4 Å². The van der Waals surface area contributed by atoms with Crippen molar-refractivity contribution in [2.24, 2.45) is 5.92 Å². The molecule has 1 aromatic carbocycles. The van der Waals surface area contributed by atoms with Gasteiger partial charge in [-0.1, -0.05) is 6.92 Å². The molecule has 1 saturated heterocycles. The molecule has 1 fully saturated rings. The van der Waals surface area contributed by atoms with Gasteiger partial charge in [0, 0.05) is 13.0 Å². The Morgan fingerprint density at radius 2 is 2.10 bits per heavy atom. The number of amides is 2. The fourth-order valence-electron chi connectivity index (χ4n) is 2.09. The van der Waals surface area contributed by atoms with Crippen LogP contribution in [0.3, 0.4) is 0 Å². The Balaban J connectivity index is 2.45. The first-order valence-electron chi connectivity index (χ1n) is 5.79. The average Bonchev–Trinajstić information content (AvgIpc) is 2.69. The molecule has 0 aliphatic carbocycles. The molecule has 1 aliphatic rings. The lowest BCUT2D eigenvalue weighted by atomic mass is 10.1. The van der Waals surface area contributed by atoms with Crippen molar-refractivity contribution in [2.75, 3.05) is 6.54 Å². The van der Waals surface area contributed by atoms with E-state index >= 15 is 0 Å². The maximum atomic E-state index is 13.9. The first kappa shape index (κ1) is 14.0. The minimum atomic E-state index is -1.44. The molecule has 0 spiro atoms. The highest BCUT2D eigenvalue weighted by Gasteiger charge is 2.35. The van der Waals surface area contributed by atoms with E-state index in [1.807, 2.05) is 0 Å². The number of nitrogens with zero attached hydrogens (tertiary/aromatic N) is 2. The third kappa shape index (κ3) is 2.36. The van der Waals surface area contributed by atoms with Crippen LogP contribution in [0.15, 0.2) is 12.1 Å². The van der Waals surface area contributed by atoms with Crippen molar-refractivity contribution in [1.29, 1.82) is 0 Å². The van der Waals surface area contributed by atoms with E-state index in [-0.39, 0.29) is 18.9 Å². The molecule has 1 aliphatic heterocycles. The van der Waals surface area contributed by atoms with E-state index in [9.17, 15) is 28.5 Å². The summed E-state index contributed by atoms with van der Waals surface area (Å²) in [5.41, 5.74) is -1.94. The third-order valence-corrected chi connectivity index (χ3v) is 3.01. The van der Waals surface area contributed by atoms with Gasteiger partial charge in [-0.05, 0) is 12.0 Å². The average molecular weight is 284 g/mol. The zero-order valence-corrected chi connectivity index (χ0v) is 10.4. The van der Waals surface area contributed by atoms with Gasteiger partial charge >= 0.3 is 5.69 Å². The lowest BCUT2D eigenvalue weighted by Gasteiger charge is -2.14. The zero-order chi connectivity index (χ0) is 15.0. The van der Waals surface area contributed by atoms with Crippen molar-refractivity contribution in [3.63, 3.8) is 0 Å². The van der Waals surface area contributed by atoms with Crippen LogP contribution in [-0.2, 0) is 4.79 Å². The molecule has 1 atom stereocenters. The Morgan fingerprint density at radius 3 is 2.60 bits per heavy atom. The number of hydrogen-bond acceptors (Lipinski definition) is 4. The van der Waals surface area contributed by atoms with Gasteiger partial charge in [-0.25, -0.2) is 4.39 Å². The Morgan fingerprint density at radius 1 is 1.45 bits per heavy atom. The smallest absolute Gasteiger partial charge is 0.278 e. The normalized spacial score (nSPS) is 18.4. The summed E-state index contributed by atoms with van der Waals surface area (Å²) in [5.74, 6) is -4.19. The fourth-order valence-corrected chi connectivity index (χ4v) is 2.09. The second-order valence-electron chi connectivity index (χ2n) is 4.66. The van der Waals surface area contributed by atoms with Gasteiger partial charge in [-0.15, -0.1) is 0 Å². The summed E-state index contributed by atoms with van der Waals surface area (Å²) in [6.45, 7) is 1.82. The van der Waals surface area contributed by atoms with E-state index in [4.69, 9.17) is 0 Å². The lowest BCUT2D eigenvalue weighted by molar-refractivity contribution is -0.387. The number of nitro groups is 1. The van der Waals surface area contributed by atoms with Crippen molar-refractivity contribution in [2.45, 2.75) is 13.3 Å². The van der Waals surface area contributed by atoms with Gasteiger partial charge in [0.05, 0.1) is 16.6 Å². The number of carbonyl (C=O) groups is 2. The molecule has 1 heterocycles. The molecular weight excluding hydrogens is 274 g/mol. The summed E-state index contributed by atoms with van der Waals surface area (Å²) < 4.78 is 27.1. The molecule has 20 heavy (non-hydrogen) atoms. The molecule has 0 N–H and O–H groups in total. The van der Waals surface area contributed by atoms with Crippen molar-refractivity contribution >= 4 is 17.5 Å². The maximum absolute atomic E-state index is 13.9. The monoisotopic (exact) mass is 284 g/mol. The van der Waals surface area contributed by atoms with Gasteiger partial charge in [-0.3, -0.25) is 24.6 Å². The summed E-state index contributed by atoms with van der Waals surface area (Å²) in [5, 5.41) is 10.6. The molecule has 2 rings (SSSR count). The predicted octanol–water partition coefficient (Wildman–Crippen LogP) is 1.88. The molecule has 8 heteroatoms. The number of likely N-dealkylation sites (tertiary alicyclic amines) is 1. The first-order valence-corrected chi connectivity index (χ1v) is 5.79. The van der Waals surface area contributed by atoms with Crippen LogP contribution in [0.4, 0.5) is 14.5 Å². The van der Waals surface area contributed by atoms with Crippen molar-refractivity contribution in [1.82, 2.24) is 4.90 Å². The minimum Gasteiger partial charge on any atom is -0.278 e. The second-order valence-corrected chi connectivity index (χ2v) is 4.66. The van der Waals surface area contributed by atoms with Crippen LogP contribution in [0.2, 0.25) is 0 Å². The van der Waals surface area contributed by atoms with Gasteiger partial charge < -0.3 is 0 Å². The Hall–Kier alpha value is -2.38. The molecule has 6 nitrogen and oxygen atoms in total. The Labute approximate surface area is 112 Å². The fraction of sp³-hybridized carbons (Fsp3) is 0.333. The third-order valence-electron chi connectivity index (χ3n) is 3.01. The number of halogens is 2. The van der Waals surface area contributed by atoms with E-state index < -0.39 is 39.6 Å². The van der Waals surface area contributed by atoms with Crippen LogP contribution in [0.1, 0.15) is 23.7 Å². The molecular formula is C12H10F2N2O4. The zero-order valence-electron chi connectivity index (χ0n) is 10.4. The van der Waals surface area contributed by atoms with Gasteiger partial charge in [0.25, 0.3) is 5.91 Å². The first-order chi connectivity index (χ1) is 9.31. The highest BCUT2D eigenvalue weighted by Crippen LogP contribution is 2.26. The highest BCUT2D eigenvalue weighted by molar-refractivity contribution is 6.06. The molecule has 2 amide bonds. The molecule has 0 aromatic heterocycles. The Kier molecular flexibility index (Phi) is 3.47.